The Morgan fingerprint density at radius 1 is 1.60 bits per heavy atom. The Kier molecular flexibility index (Phi) is 4.55. The number of carbonyl (C=O) groups is 2. The number of likely N-dealkylation sites (tertiary alicyclic amines) is 1. The SMILES string of the molecule is CN1CCC(NC(=O)CCCCO)C1=O. The number of amides is 2. The van der Waals surface area contributed by atoms with Crippen LogP contribution in [0.25, 0.3) is 0 Å². The Labute approximate surface area is 89.4 Å². The number of nitrogens with one attached hydrogen (secondary N) is 1. The van der Waals surface area contributed by atoms with Crippen LogP contribution in [0, 0.1) is 0 Å². The van der Waals surface area contributed by atoms with Gasteiger partial charge in [-0.2, -0.15) is 0 Å². The van der Waals surface area contributed by atoms with E-state index in [1.165, 1.54) is 0 Å². The topological polar surface area (TPSA) is 69.6 Å². The van der Waals surface area contributed by atoms with E-state index in [9.17, 15) is 9.59 Å². The zero-order chi connectivity index (χ0) is 11.3. The van der Waals surface area contributed by atoms with Crippen LogP contribution in [0.5, 0.6) is 0 Å². The third-order valence-corrected chi connectivity index (χ3v) is 2.57. The van der Waals surface area contributed by atoms with Crippen molar-refractivity contribution in [3.63, 3.8) is 0 Å². The summed E-state index contributed by atoms with van der Waals surface area (Å²) >= 11 is 0. The second kappa shape index (κ2) is 5.70. The van der Waals surface area contributed by atoms with Gasteiger partial charge in [-0.15, -0.1) is 0 Å². The van der Waals surface area contributed by atoms with Gasteiger partial charge in [0.05, 0.1) is 0 Å². The zero-order valence-corrected chi connectivity index (χ0v) is 9.03. The lowest BCUT2D eigenvalue weighted by Crippen LogP contribution is -2.40. The van der Waals surface area contributed by atoms with Crippen LogP contribution in [0.1, 0.15) is 25.7 Å². The van der Waals surface area contributed by atoms with E-state index in [0.717, 1.165) is 0 Å². The van der Waals surface area contributed by atoms with E-state index in [0.29, 0.717) is 32.2 Å². The van der Waals surface area contributed by atoms with Crippen molar-refractivity contribution in [3.05, 3.63) is 0 Å². The van der Waals surface area contributed by atoms with Gasteiger partial charge in [0.25, 0.3) is 0 Å². The molecule has 1 atom stereocenters. The van der Waals surface area contributed by atoms with Crippen molar-refractivity contribution in [2.75, 3.05) is 20.2 Å². The molecule has 1 aliphatic heterocycles. The van der Waals surface area contributed by atoms with Crippen LogP contribution in [-0.4, -0.2) is 48.1 Å². The molecule has 0 aromatic carbocycles. The number of rotatable bonds is 5. The molecule has 5 heteroatoms. The lowest BCUT2D eigenvalue weighted by molar-refractivity contribution is -0.131. The summed E-state index contributed by atoms with van der Waals surface area (Å²) in [5.41, 5.74) is 0. The van der Waals surface area contributed by atoms with E-state index in [1.807, 2.05) is 0 Å². The van der Waals surface area contributed by atoms with Crippen molar-refractivity contribution in [1.82, 2.24) is 10.2 Å². The minimum atomic E-state index is -0.336. The van der Waals surface area contributed by atoms with Gasteiger partial charge < -0.3 is 15.3 Å². The van der Waals surface area contributed by atoms with Crippen LogP contribution in [-0.2, 0) is 9.59 Å². The standard InChI is InChI=1S/C10H18N2O3/c1-12-6-5-8(10(12)15)11-9(14)4-2-3-7-13/h8,13H,2-7H2,1H3,(H,11,14). The molecular weight excluding hydrogens is 196 g/mol. The van der Waals surface area contributed by atoms with Gasteiger partial charge in [0, 0.05) is 26.6 Å². The summed E-state index contributed by atoms with van der Waals surface area (Å²) in [5.74, 6) is -0.109. The summed E-state index contributed by atoms with van der Waals surface area (Å²) in [6.45, 7) is 0.818. The van der Waals surface area contributed by atoms with Gasteiger partial charge in [-0.3, -0.25) is 9.59 Å². The molecule has 1 aliphatic rings. The van der Waals surface area contributed by atoms with Crippen molar-refractivity contribution < 1.29 is 14.7 Å². The highest BCUT2D eigenvalue weighted by Gasteiger charge is 2.29. The summed E-state index contributed by atoms with van der Waals surface area (Å²) < 4.78 is 0. The Balaban J connectivity index is 2.23. The molecule has 5 nitrogen and oxygen atoms in total. The van der Waals surface area contributed by atoms with Gasteiger partial charge in [-0.1, -0.05) is 0 Å². The molecule has 0 aliphatic carbocycles. The Morgan fingerprint density at radius 3 is 2.87 bits per heavy atom. The molecule has 2 amide bonds. The van der Waals surface area contributed by atoms with Crippen LogP contribution in [0.3, 0.4) is 0 Å². The van der Waals surface area contributed by atoms with Crippen molar-refractivity contribution >= 4 is 11.8 Å². The van der Waals surface area contributed by atoms with E-state index < -0.39 is 0 Å². The number of aliphatic hydroxyl groups is 1. The molecular formula is C10H18N2O3. The number of hydrogen-bond donors (Lipinski definition) is 2. The maximum Gasteiger partial charge on any atom is 0.244 e. The average molecular weight is 214 g/mol. The first-order valence-corrected chi connectivity index (χ1v) is 5.30. The van der Waals surface area contributed by atoms with E-state index in [2.05, 4.69) is 5.32 Å². The third-order valence-electron chi connectivity index (χ3n) is 2.57. The molecule has 1 unspecified atom stereocenters. The molecule has 1 fully saturated rings. The number of nitrogens with zero attached hydrogens (tertiary/aromatic N) is 1. The number of likely N-dealkylation sites (N-methyl/N-ethyl adjacent to an activating group) is 1. The fraction of sp³-hybridized carbons (Fsp3) is 0.800. The maximum atomic E-state index is 11.4. The zero-order valence-electron chi connectivity index (χ0n) is 9.03. The lowest BCUT2D eigenvalue weighted by atomic mass is 10.2. The molecule has 0 radical (unpaired) electrons. The fourth-order valence-electron chi connectivity index (χ4n) is 1.62. The molecule has 2 N–H and O–H groups in total. The van der Waals surface area contributed by atoms with Crippen molar-refractivity contribution in [3.8, 4) is 0 Å². The van der Waals surface area contributed by atoms with Crippen molar-refractivity contribution in [2.45, 2.75) is 31.7 Å². The minimum absolute atomic E-state index is 0.00879. The van der Waals surface area contributed by atoms with Crippen LogP contribution in [0.2, 0.25) is 0 Å². The number of unbranched alkanes of at least 4 members (excludes halogenated alkanes) is 1. The van der Waals surface area contributed by atoms with Crippen LogP contribution < -0.4 is 5.32 Å². The second-order valence-corrected chi connectivity index (χ2v) is 3.85. The van der Waals surface area contributed by atoms with E-state index in [1.54, 1.807) is 11.9 Å². The van der Waals surface area contributed by atoms with E-state index in [-0.39, 0.29) is 24.5 Å². The third kappa shape index (κ3) is 3.51. The normalized spacial score (nSPS) is 20.8. The van der Waals surface area contributed by atoms with Crippen LogP contribution in [0.4, 0.5) is 0 Å². The molecule has 0 saturated carbocycles. The molecule has 1 saturated heterocycles. The molecule has 1 rings (SSSR count). The summed E-state index contributed by atoms with van der Waals surface area (Å²) in [5, 5.41) is 11.3. The summed E-state index contributed by atoms with van der Waals surface area (Å²) in [6.07, 6.45) is 2.38. The first kappa shape index (κ1) is 12.0. The first-order valence-electron chi connectivity index (χ1n) is 5.30. The number of aliphatic hydroxyl groups excluding tert-OH is 1. The maximum absolute atomic E-state index is 11.4. The van der Waals surface area contributed by atoms with E-state index >= 15 is 0 Å². The predicted octanol–water partition coefficient (Wildman–Crippen LogP) is -0.504. The Bertz CT molecular complexity index is 243. The van der Waals surface area contributed by atoms with Crippen LogP contribution >= 0.6 is 0 Å². The van der Waals surface area contributed by atoms with Gasteiger partial charge in [0.2, 0.25) is 11.8 Å². The summed E-state index contributed by atoms with van der Waals surface area (Å²) in [4.78, 5) is 24.4. The van der Waals surface area contributed by atoms with Gasteiger partial charge in [0.1, 0.15) is 6.04 Å². The number of hydrogen-bond acceptors (Lipinski definition) is 3. The highest BCUT2D eigenvalue weighted by molar-refractivity contribution is 5.88. The highest BCUT2D eigenvalue weighted by Crippen LogP contribution is 2.08. The Morgan fingerprint density at radius 2 is 2.33 bits per heavy atom. The molecule has 86 valence electrons. The number of carbonyl (C=O) groups excluding carboxylic acids is 2. The Hall–Kier alpha value is -1.10. The van der Waals surface area contributed by atoms with Crippen molar-refractivity contribution in [1.29, 1.82) is 0 Å². The van der Waals surface area contributed by atoms with Gasteiger partial charge in [-0.25, -0.2) is 0 Å². The summed E-state index contributed by atoms with van der Waals surface area (Å²) in [7, 11) is 1.74. The fourth-order valence-corrected chi connectivity index (χ4v) is 1.62. The van der Waals surface area contributed by atoms with Gasteiger partial charge in [0.15, 0.2) is 0 Å². The van der Waals surface area contributed by atoms with Crippen LogP contribution in [0.15, 0.2) is 0 Å². The van der Waals surface area contributed by atoms with Gasteiger partial charge >= 0.3 is 0 Å². The molecule has 0 spiro atoms. The molecule has 0 bridgehead atoms. The quantitative estimate of drug-likeness (QED) is 0.606. The molecule has 15 heavy (non-hydrogen) atoms. The van der Waals surface area contributed by atoms with Crippen molar-refractivity contribution in [2.24, 2.45) is 0 Å². The summed E-state index contributed by atoms with van der Waals surface area (Å²) in [6, 6.07) is -0.336. The monoisotopic (exact) mass is 214 g/mol. The van der Waals surface area contributed by atoms with E-state index in [4.69, 9.17) is 5.11 Å². The highest BCUT2D eigenvalue weighted by atomic mass is 16.3. The average Bonchev–Trinajstić information content (AvgIpc) is 2.50. The largest absolute Gasteiger partial charge is 0.396 e. The lowest BCUT2D eigenvalue weighted by Gasteiger charge is -2.11. The first-order chi connectivity index (χ1) is 7.15. The molecule has 0 aromatic heterocycles. The predicted molar refractivity (Wildman–Crippen MR) is 55.1 cm³/mol. The smallest absolute Gasteiger partial charge is 0.244 e. The molecule has 1 heterocycles. The van der Waals surface area contributed by atoms with Gasteiger partial charge in [-0.05, 0) is 19.3 Å². The second-order valence-electron chi connectivity index (χ2n) is 3.85. The minimum Gasteiger partial charge on any atom is -0.396 e. The molecule has 0 aromatic rings.